The van der Waals surface area contributed by atoms with Gasteiger partial charge in [-0.05, 0) is 19.4 Å². The number of carboxylic acid groups (broad SMARTS) is 1. The summed E-state index contributed by atoms with van der Waals surface area (Å²) in [5, 5.41) is 23.0. The molecule has 1 aromatic rings. The highest BCUT2D eigenvalue weighted by Crippen LogP contribution is 2.55. The Morgan fingerprint density at radius 3 is 2.87 bits per heavy atom. The van der Waals surface area contributed by atoms with E-state index in [1.165, 1.54) is 26.3 Å². The van der Waals surface area contributed by atoms with E-state index >= 15 is 0 Å². The molecule has 2 aliphatic heterocycles. The molecule has 3 rings (SSSR count). The molecule has 0 spiro atoms. The van der Waals surface area contributed by atoms with Crippen LogP contribution in [0.4, 0.5) is 5.82 Å². The SMILES string of the molecule is CCC(C[C@H](NP1(=O)OC[C@H]2O[C@@H](n3ccc(N)nc3=O)[C@](C)(O)[C@@H]2O1)C(=O)O)OC. The average Bonchev–Trinajstić information content (AvgIpc) is 2.95. The van der Waals surface area contributed by atoms with Crippen molar-refractivity contribution in [1.82, 2.24) is 14.6 Å². The second-order valence-corrected chi connectivity index (χ2v) is 9.36. The van der Waals surface area contributed by atoms with Gasteiger partial charge in [0.25, 0.3) is 0 Å². The third-order valence-electron chi connectivity index (χ3n) is 5.38. The van der Waals surface area contributed by atoms with Crippen LogP contribution in [0, 0.1) is 0 Å². The molecule has 2 fully saturated rings. The lowest BCUT2D eigenvalue weighted by molar-refractivity contribution is -0.140. The van der Waals surface area contributed by atoms with Crippen molar-refractivity contribution in [3.63, 3.8) is 0 Å². The van der Waals surface area contributed by atoms with Gasteiger partial charge >= 0.3 is 19.4 Å². The molecular formula is C17H27N4O9P. The number of rotatable bonds is 8. The number of methoxy groups -OCH3 is 1. The molecular weight excluding hydrogens is 435 g/mol. The van der Waals surface area contributed by atoms with Gasteiger partial charge in [0.1, 0.15) is 29.7 Å². The molecule has 0 saturated carbocycles. The van der Waals surface area contributed by atoms with E-state index in [0.29, 0.717) is 6.42 Å². The normalized spacial score (nSPS) is 34.8. The van der Waals surface area contributed by atoms with Crippen LogP contribution >= 0.6 is 7.75 Å². The topological polar surface area (TPSA) is 184 Å². The summed E-state index contributed by atoms with van der Waals surface area (Å²) in [6.07, 6.45) is -1.75. The van der Waals surface area contributed by atoms with Crippen molar-refractivity contribution >= 4 is 19.5 Å². The minimum atomic E-state index is -4.14. The highest BCUT2D eigenvalue weighted by molar-refractivity contribution is 7.51. The van der Waals surface area contributed by atoms with Crippen LogP contribution in [0.1, 0.15) is 32.9 Å². The summed E-state index contributed by atoms with van der Waals surface area (Å²) in [4.78, 5) is 27.5. The Morgan fingerprint density at radius 1 is 1.58 bits per heavy atom. The highest BCUT2D eigenvalue weighted by atomic mass is 31.2. The zero-order chi connectivity index (χ0) is 23.0. The quantitative estimate of drug-likeness (QED) is 0.375. The molecule has 174 valence electrons. The van der Waals surface area contributed by atoms with Gasteiger partial charge in [-0.3, -0.25) is 18.4 Å². The summed E-state index contributed by atoms with van der Waals surface area (Å²) < 4.78 is 36.0. The van der Waals surface area contributed by atoms with Crippen molar-refractivity contribution in [2.24, 2.45) is 0 Å². The highest BCUT2D eigenvalue weighted by Gasteiger charge is 2.60. The first-order chi connectivity index (χ1) is 14.5. The summed E-state index contributed by atoms with van der Waals surface area (Å²) in [6, 6.07) is 0.0867. The van der Waals surface area contributed by atoms with Crippen molar-refractivity contribution in [2.75, 3.05) is 19.5 Å². The number of hydrogen-bond donors (Lipinski definition) is 4. The Labute approximate surface area is 178 Å². The summed E-state index contributed by atoms with van der Waals surface area (Å²) in [7, 11) is -2.68. The molecule has 0 bridgehead atoms. The predicted molar refractivity (Wildman–Crippen MR) is 106 cm³/mol. The average molecular weight is 462 g/mol. The van der Waals surface area contributed by atoms with Crippen LogP contribution in [0.15, 0.2) is 17.1 Å². The number of ether oxygens (including phenoxy) is 2. The second-order valence-electron chi connectivity index (χ2n) is 7.64. The van der Waals surface area contributed by atoms with E-state index < -0.39 is 49.5 Å². The van der Waals surface area contributed by atoms with E-state index in [9.17, 15) is 24.4 Å². The lowest BCUT2D eigenvalue weighted by Gasteiger charge is -2.36. The van der Waals surface area contributed by atoms with Gasteiger partial charge in [0.05, 0.1) is 12.7 Å². The summed E-state index contributed by atoms with van der Waals surface area (Å²) in [5.74, 6) is -1.25. The van der Waals surface area contributed by atoms with Gasteiger partial charge in [-0.25, -0.2) is 14.4 Å². The molecule has 2 saturated heterocycles. The summed E-state index contributed by atoms with van der Waals surface area (Å²) >= 11 is 0. The van der Waals surface area contributed by atoms with Gasteiger partial charge < -0.3 is 25.4 Å². The fourth-order valence-electron chi connectivity index (χ4n) is 3.66. The molecule has 5 N–H and O–H groups in total. The number of nitrogen functional groups attached to an aromatic ring is 1. The molecule has 0 amide bonds. The van der Waals surface area contributed by atoms with Crippen LogP contribution in [-0.2, 0) is 27.9 Å². The van der Waals surface area contributed by atoms with Gasteiger partial charge in [-0.15, -0.1) is 0 Å². The Bertz CT molecular complexity index is 919. The number of aliphatic carboxylic acids is 1. The Hall–Kier alpha value is -1.86. The lowest BCUT2D eigenvalue weighted by atomic mass is 9.96. The first-order valence-corrected chi connectivity index (χ1v) is 11.2. The predicted octanol–water partition coefficient (Wildman–Crippen LogP) is -0.145. The van der Waals surface area contributed by atoms with Crippen LogP contribution in [0.3, 0.4) is 0 Å². The van der Waals surface area contributed by atoms with Crippen molar-refractivity contribution in [1.29, 1.82) is 0 Å². The first-order valence-electron chi connectivity index (χ1n) is 9.69. The van der Waals surface area contributed by atoms with Crippen LogP contribution in [0.2, 0.25) is 0 Å². The van der Waals surface area contributed by atoms with Gasteiger partial charge in [0, 0.05) is 19.7 Å². The maximum Gasteiger partial charge on any atom is 0.406 e. The fourth-order valence-corrected chi connectivity index (χ4v) is 5.44. The lowest BCUT2D eigenvalue weighted by Crippen LogP contribution is -2.50. The number of anilines is 1. The Kier molecular flexibility index (Phi) is 6.87. The number of aliphatic hydroxyl groups is 1. The Balaban J connectivity index is 1.80. The molecule has 3 heterocycles. The van der Waals surface area contributed by atoms with E-state index in [1.54, 1.807) is 0 Å². The molecule has 13 nitrogen and oxygen atoms in total. The third-order valence-corrected chi connectivity index (χ3v) is 7.00. The van der Waals surface area contributed by atoms with E-state index in [-0.39, 0.29) is 24.9 Å². The third kappa shape index (κ3) is 4.82. The standard InChI is InChI=1S/C17H27N4O9P/c1-4-9(27-3)7-10(14(22)23)20-31(26)28-8-11-13(30-31)17(2,25)15(29-11)21-6-5-12(18)19-16(21)24/h5-6,9-11,13,15,25H,4,7-8H2,1-3H3,(H,20,26)(H,22,23)(H2,18,19,24)/t9?,10-,11+,13+,15+,17+,31?/m0/s1. The minimum absolute atomic E-state index is 0.00532. The monoisotopic (exact) mass is 462 g/mol. The molecule has 1 aromatic heterocycles. The maximum atomic E-state index is 13.2. The molecule has 0 radical (unpaired) electrons. The number of nitrogens with one attached hydrogen (secondary N) is 1. The van der Waals surface area contributed by atoms with Crippen LogP contribution in [0.5, 0.6) is 0 Å². The largest absolute Gasteiger partial charge is 0.480 e. The van der Waals surface area contributed by atoms with Crippen LogP contribution in [0.25, 0.3) is 0 Å². The van der Waals surface area contributed by atoms with E-state index in [1.807, 2.05) is 6.92 Å². The number of carboxylic acids is 1. The number of fused-ring (bicyclic) bond motifs is 1. The molecule has 2 aliphatic rings. The second kappa shape index (κ2) is 8.94. The van der Waals surface area contributed by atoms with E-state index in [0.717, 1.165) is 4.57 Å². The summed E-state index contributed by atoms with van der Waals surface area (Å²) in [5.41, 5.74) is 2.93. The van der Waals surface area contributed by atoms with Gasteiger partial charge in [0.15, 0.2) is 6.23 Å². The smallest absolute Gasteiger partial charge is 0.406 e. The van der Waals surface area contributed by atoms with E-state index in [2.05, 4.69) is 10.1 Å². The van der Waals surface area contributed by atoms with Crippen molar-refractivity contribution < 1.29 is 38.1 Å². The fraction of sp³-hybridized carbons (Fsp3) is 0.706. The molecule has 0 aromatic carbocycles. The maximum absolute atomic E-state index is 13.2. The zero-order valence-electron chi connectivity index (χ0n) is 17.3. The van der Waals surface area contributed by atoms with Gasteiger partial charge in [0.2, 0.25) is 0 Å². The number of nitrogens with two attached hydrogens (primary N) is 1. The number of nitrogens with zero attached hydrogens (tertiary/aromatic N) is 2. The molecule has 31 heavy (non-hydrogen) atoms. The first kappa shape index (κ1) is 23.8. The van der Waals surface area contributed by atoms with Crippen molar-refractivity contribution in [3.05, 3.63) is 22.7 Å². The zero-order valence-corrected chi connectivity index (χ0v) is 18.2. The Morgan fingerprint density at radius 2 is 2.29 bits per heavy atom. The molecule has 2 unspecified atom stereocenters. The number of aromatic nitrogens is 2. The van der Waals surface area contributed by atoms with Crippen LogP contribution < -0.4 is 16.5 Å². The van der Waals surface area contributed by atoms with Gasteiger partial charge in [-0.1, -0.05) is 6.92 Å². The van der Waals surface area contributed by atoms with Crippen molar-refractivity contribution in [3.8, 4) is 0 Å². The van der Waals surface area contributed by atoms with Gasteiger partial charge in [-0.2, -0.15) is 4.98 Å². The number of hydrogen-bond acceptors (Lipinski definition) is 10. The summed E-state index contributed by atoms with van der Waals surface area (Å²) in [6.45, 7) is 2.93. The molecule has 0 aliphatic carbocycles. The van der Waals surface area contributed by atoms with Crippen molar-refractivity contribution in [2.45, 2.75) is 62.9 Å². The minimum Gasteiger partial charge on any atom is -0.480 e. The van der Waals surface area contributed by atoms with Crippen LogP contribution in [-0.4, -0.2) is 69.4 Å². The molecule has 14 heteroatoms. The number of carbonyl (C=O) groups is 1. The molecule has 7 atom stereocenters. The van der Waals surface area contributed by atoms with E-state index in [4.69, 9.17) is 24.3 Å².